The lowest BCUT2D eigenvalue weighted by molar-refractivity contribution is 0.0951. The highest BCUT2D eigenvalue weighted by molar-refractivity contribution is 5.94. The molecule has 0 spiro atoms. The van der Waals surface area contributed by atoms with E-state index >= 15 is 0 Å². The summed E-state index contributed by atoms with van der Waals surface area (Å²) in [6, 6.07) is 15.7. The van der Waals surface area contributed by atoms with Crippen LogP contribution in [-0.2, 0) is 0 Å². The molecular weight excluding hydrogens is 241 g/mol. The lowest BCUT2D eigenvalue weighted by atomic mass is 10.0. The lowest BCUT2D eigenvalue weighted by Crippen LogP contribution is -2.27. The summed E-state index contributed by atoms with van der Waals surface area (Å²) in [4.78, 5) is 11.9. The van der Waals surface area contributed by atoms with Crippen LogP contribution in [0.3, 0.4) is 0 Å². The first-order valence-corrected chi connectivity index (χ1v) is 6.25. The molecule has 98 valence electrons. The van der Waals surface area contributed by atoms with Gasteiger partial charge in [0.05, 0.1) is 0 Å². The largest absolute Gasteiger partial charge is 0.351 e. The zero-order valence-corrected chi connectivity index (χ0v) is 10.8. The molecule has 0 aromatic heterocycles. The lowest BCUT2D eigenvalue weighted by Gasteiger charge is -2.13. The van der Waals surface area contributed by atoms with Crippen molar-refractivity contribution in [1.29, 1.82) is 0 Å². The summed E-state index contributed by atoms with van der Waals surface area (Å²) in [7, 11) is 0. The van der Waals surface area contributed by atoms with Gasteiger partial charge in [-0.2, -0.15) is 0 Å². The van der Waals surface area contributed by atoms with Crippen LogP contribution in [0.2, 0.25) is 0 Å². The fraction of sp³-hybridized carbons (Fsp3) is 0.188. The van der Waals surface area contributed by atoms with E-state index in [1.807, 2.05) is 37.3 Å². The number of hydrogen-bond donors (Lipinski definition) is 1. The van der Waals surface area contributed by atoms with Crippen molar-refractivity contribution in [2.45, 2.75) is 12.8 Å². The number of benzene rings is 2. The topological polar surface area (TPSA) is 29.1 Å². The van der Waals surface area contributed by atoms with Crippen molar-refractivity contribution in [3.8, 4) is 0 Å². The average molecular weight is 257 g/mol. The molecular formula is C16H16FNO. The van der Waals surface area contributed by atoms with Crippen LogP contribution in [0.1, 0.15) is 28.8 Å². The van der Waals surface area contributed by atoms with Gasteiger partial charge in [-0.25, -0.2) is 4.39 Å². The second kappa shape index (κ2) is 6.14. The van der Waals surface area contributed by atoms with Gasteiger partial charge in [0.25, 0.3) is 5.91 Å². The van der Waals surface area contributed by atoms with Crippen LogP contribution >= 0.6 is 0 Å². The number of carbonyl (C=O) groups excluding carboxylic acids is 1. The molecule has 0 unspecified atom stereocenters. The Morgan fingerprint density at radius 2 is 1.89 bits per heavy atom. The summed E-state index contributed by atoms with van der Waals surface area (Å²) in [5.74, 6) is -0.426. The smallest absolute Gasteiger partial charge is 0.251 e. The summed E-state index contributed by atoms with van der Waals surface area (Å²) in [6.45, 7) is 2.57. The second-order valence-corrected chi connectivity index (χ2v) is 4.53. The number of nitrogens with one attached hydrogen (secondary N) is 1. The fourth-order valence-electron chi connectivity index (χ4n) is 1.88. The Morgan fingerprint density at radius 1 is 1.16 bits per heavy atom. The molecule has 2 aromatic rings. The molecule has 1 atom stereocenters. The van der Waals surface area contributed by atoms with Crippen molar-refractivity contribution in [1.82, 2.24) is 5.32 Å². The van der Waals surface area contributed by atoms with Gasteiger partial charge in [-0.1, -0.05) is 43.3 Å². The zero-order chi connectivity index (χ0) is 13.7. The van der Waals surface area contributed by atoms with E-state index in [1.165, 1.54) is 23.8 Å². The maximum atomic E-state index is 13.0. The van der Waals surface area contributed by atoms with Crippen LogP contribution in [0, 0.1) is 5.82 Å². The third-order valence-corrected chi connectivity index (χ3v) is 3.02. The molecule has 0 fully saturated rings. The third kappa shape index (κ3) is 3.65. The van der Waals surface area contributed by atoms with Crippen LogP contribution in [0.15, 0.2) is 54.6 Å². The van der Waals surface area contributed by atoms with Crippen molar-refractivity contribution in [3.05, 3.63) is 71.5 Å². The molecule has 2 aromatic carbocycles. The molecule has 2 nitrogen and oxygen atoms in total. The Hall–Kier alpha value is -2.16. The first kappa shape index (κ1) is 13.3. The molecule has 0 saturated heterocycles. The van der Waals surface area contributed by atoms with Gasteiger partial charge in [0.15, 0.2) is 0 Å². The highest BCUT2D eigenvalue weighted by atomic mass is 19.1. The second-order valence-electron chi connectivity index (χ2n) is 4.53. The number of carbonyl (C=O) groups is 1. The van der Waals surface area contributed by atoms with Gasteiger partial charge < -0.3 is 5.32 Å². The Morgan fingerprint density at radius 3 is 2.58 bits per heavy atom. The molecule has 1 N–H and O–H groups in total. The Kier molecular flexibility index (Phi) is 4.29. The molecule has 0 aliphatic rings. The standard InChI is InChI=1S/C16H16FNO/c1-12(13-6-3-2-4-7-13)11-18-16(19)14-8-5-9-15(17)10-14/h2-10,12H,11H2,1H3,(H,18,19)/t12-/m0/s1. The number of rotatable bonds is 4. The minimum atomic E-state index is -0.399. The van der Waals surface area contributed by atoms with E-state index in [9.17, 15) is 9.18 Å². The van der Waals surface area contributed by atoms with E-state index in [1.54, 1.807) is 6.07 Å². The monoisotopic (exact) mass is 257 g/mol. The Balaban J connectivity index is 1.94. The molecule has 0 radical (unpaired) electrons. The maximum absolute atomic E-state index is 13.0. The summed E-state index contributed by atoms with van der Waals surface area (Å²) < 4.78 is 13.0. The van der Waals surface area contributed by atoms with Gasteiger partial charge in [0, 0.05) is 12.1 Å². The normalized spacial score (nSPS) is 11.9. The van der Waals surface area contributed by atoms with Crippen molar-refractivity contribution in [3.63, 3.8) is 0 Å². The van der Waals surface area contributed by atoms with E-state index in [4.69, 9.17) is 0 Å². The van der Waals surface area contributed by atoms with Crippen molar-refractivity contribution in [2.75, 3.05) is 6.54 Å². The van der Waals surface area contributed by atoms with Crippen LogP contribution in [0.5, 0.6) is 0 Å². The van der Waals surface area contributed by atoms with Crippen LogP contribution in [0.25, 0.3) is 0 Å². The number of halogens is 1. The van der Waals surface area contributed by atoms with Crippen LogP contribution in [0.4, 0.5) is 4.39 Å². The fourth-order valence-corrected chi connectivity index (χ4v) is 1.88. The number of amides is 1. The van der Waals surface area contributed by atoms with Gasteiger partial charge in [0.2, 0.25) is 0 Å². The molecule has 2 rings (SSSR count). The molecule has 0 aliphatic carbocycles. The van der Waals surface area contributed by atoms with Gasteiger partial charge >= 0.3 is 0 Å². The average Bonchev–Trinajstić information content (AvgIpc) is 2.45. The first-order chi connectivity index (χ1) is 9.16. The van der Waals surface area contributed by atoms with Crippen LogP contribution in [-0.4, -0.2) is 12.5 Å². The summed E-state index contributed by atoms with van der Waals surface area (Å²) in [6.07, 6.45) is 0. The Bertz CT molecular complexity index is 554. The molecule has 1 amide bonds. The predicted octanol–water partition coefficient (Wildman–Crippen LogP) is 3.36. The molecule has 3 heteroatoms. The van der Waals surface area contributed by atoms with Crippen LogP contribution < -0.4 is 5.32 Å². The van der Waals surface area contributed by atoms with Crippen molar-refractivity contribution < 1.29 is 9.18 Å². The van der Waals surface area contributed by atoms with E-state index < -0.39 is 5.82 Å². The van der Waals surface area contributed by atoms with E-state index in [-0.39, 0.29) is 11.8 Å². The van der Waals surface area contributed by atoms with E-state index in [0.717, 1.165) is 0 Å². The minimum Gasteiger partial charge on any atom is -0.351 e. The zero-order valence-electron chi connectivity index (χ0n) is 10.8. The molecule has 19 heavy (non-hydrogen) atoms. The highest BCUT2D eigenvalue weighted by Crippen LogP contribution is 2.13. The van der Waals surface area contributed by atoms with E-state index in [0.29, 0.717) is 12.1 Å². The van der Waals surface area contributed by atoms with Gasteiger partial charge in [0.1, 0.15) is 5.82 Å². The first-order valence-electron chi connectivity index (χ1n) is 6.25. The minimum absolute atomic E-state index is 0.221. The molecule has 0 bridgehead atoms. The van der Waals surface area contributed by atoms with E-state index in [2.05, 4.69) is 5.32 Å². The van der Waals surface area contributed by atoms with Gasteiger partial charge in [-0.05, 0) is 29.7 Å². The van der Waals surface area contributed by atoms with Crippen molar-refractivity contribution in [2.24, 2.45) is 0 Å². The molecule has 0 aliphatic heterocycles. The third-order valence-electron chi connectivity index (χ3n) is 3.02. The predicted molar refractivity (Wildman–Crippen MR) is 73.6 cm³/mol. The Labute approximate surface area is 112 Å². The molecule has 0 saturated carbocycles. The maximum Gasteiger partial charge on any atom is 0.251 e. The van der Waals surface area contributed by atoms with Gasteiger partial charge in [-0.15, -0.1) is 0 Å². The van der Waals surface area contributed by atoms with Crippen molar-refractivity contribution >= 4 is 5.91 Å². The summed E-state index contributed by atoms with van der Waals surface area (Å²) >= 11 is 0. The molecule has 0 heterocycles. The quantitative estimate of drug-likeness (QED) is 0.894. The van der Waals surface area contributed by atoms with Gasteiger partial charge in [-0.3, -0.25) is 4.79 Å². The summed E-state index contributed by atoms with van der Waals surface area (Å²) in [5.41, 5.74) is 1.52. The SMILES string of the molecule is C[C@@H](CNC(=O)c1cccc(F)c1)c1ccccc1. The number of hydrogen-bond acceptors (Lipinski definition) is 1. The summed E-state index contributed by atoms with van der Waals surface area (Å²) in [5, 5.41) is 2.82. The highest BCUT2D eigenvalue weighted by Gasteiger charge is 2.09.